The number of pyridine rings is 1. The second kappa shape index (κ2) is 9.07. The van der Waals surface area contributed by atoms with Gasteiger partial charge in [-0.25, -0.2) is 4.52 Å². The predicted octanol–water partition coefficient (Wildman–Crippen LogP) is 4.44. The van der Waals surface area contributed by atoms with E-state index >= 15 is 0 Å². The summed E-state index contributed by atoms with van der Waals surface area (Å²) in [5, 5.41) is 11.5. The fourth-order valence-corrected chi connectivity index (χ4v) is 5.89. The number of anilines is 2. The molecule has 5 heterocycles. The minimum absolute atomic E-state index is 0.277. The van der Waals surface area contributed by atoms with Crippen LogP contribution in [0.2, 0.25) is 0 Å². The molecule has 1 spiro atoms. The van der Waals surface area contributed by atoms with Gasteiger partial charge in [0.25, 0.3) is 5.91 Å². The molecule has 1 saturated carbocycles. The van der Waals surface area contributed by atoms with Crippen molar-refractivity contribution in [2.24, 2.45) is 5.41 Å². The summed E-state index contributed by atoms with van der Waals surface area (Å²) >= 11 is 0. The van der Waals surface area contributed by atoms with Crippen LogP contribution in [0.25, 0.3) is 16.9 Å². The number of amides is 1. The lowest BCUT2D eigenvalue weighted by Crippen LogP contribution is -2.66. The highest BCUT2D eigenvalue weighted by Gasteiger charge is 2.49. The van der Waals surface area contributed by atoms with Crippen molar-refractivity contribution in [3.63, 3.8) is 0 Å². The Kier molecular flexibility index (Phi) is 5.69. The highest BCUT2D eigenvalue weighted by atomic mass is 19.3. The number of benzene rings is 1. The van der Waals surface area contributed by atoms with E-state index in [0.29, 0.717) is 41.4 Å². The summed E-state index contributed by atoms with van der Waals surface area (Å²) in [7, 11) is 0. The second-order valence-electron chi connectivity index (χ2n) is 11.5. The monoisotopic (exact) mass is 550 g/mol. The quantitative estimate of drug-likeness (QED) is 0.360. The Morgan fingerprint density at radius 2 is 2.00 bits per heavy atom. The van der Waals surface area contributed by atoms with Gasteiger partial charge in [0.15, 0.2) is 0 Å². The number of alkyl halides is 2. The molecule has 7 rings (SSSR count). The molecule has 1 N–H and O–H groups in total. The summed E-state index contributed by atoms with van der Waals surface area (Å²) in [5.74, 6) is 0.457. The number of nitrogens with zero attached hydrogens (tertiary/aromatic N) is 5. The lowest BCUT2D eigenvalue weighted by atomic mass is 9.68. The number of hydrogen-bond donors (Lipinski definition) is 1. The standard InChI is InChI=1S/C28H28F2N6O4/c1-16-3-4-17(23-33-25(40-34-23)27(2)9-19(10-27)39-26(29)30)7-21(16)32-24(37)20-11-31-36-6-5-18(8-22(20)36)35-12-28(13-35)14-38-15-28/h3-8,11,19,26H,9-10,12-15H2,1-2H3,(H,32,37). The molecule has 0 bridgehead atoms. The molecule has 0 radical (unpaired) electrons. The van der Waals surface area contributed by atoms with Gasteiger partial charge < -0.3 is 24.2 Å². The van der Waals surface area contributed by atoms with Gasteiger partial charge in [-0.2, -0.15) is 18.9 Å². The number of aryl methyl sites for hydroxylation is 1. The molecule has 2 saturated heterocycles. The maximum absolute atomic E-state index is 13.4. The van der Waals surface area contributed by atoms with Crippen molar-refractivity contribution < 1.29 is 27.6 Å². The van der Waals surface area contributed by atoms with E-state index in [1.807, 2.05) is 44.3 Å². The summed E-state index contributed by atoms with van der Waals surface area (Å²) in [4.78, 5) is 20.2. The van der Waals surface area contributed by atoms with Gasteiger partial charge >= 0.3 is 6.61 Å². The van der Waals surface area contributed by atoms with Crippen molar-refractivity contribution >= 4 is 22.8 Å². The number of carbonyl (C=O) groups excluding carboxylic acids is 1. The molecule has 3 aliphatic rings. The number of halogens is 2. The Labute approximate surface area is 228 Å². The predicted molar refractivity (Wildman–Crippen MR) is 141 cm³/mol. The number of rotatable bonds is 7. The van der Waals surface area contributed by atoms with Crippen LogP contribution in [-0.2, 0) is 14.9 Å². The molecule has 208 valence electrons. The maximum Gasteiger partial charge on any atom is 0.345 e. The molecule has 10 nitrogen and oxygen atoms in total. The minimum atomic E-state index is -2.80. The van der Waals surface area contributed by atoms with Crippen molar-refractivity contribution in [2.75, 3.05) is 36.5 Å². The van der Waals surface area contributed by atoms with E-state index in [9.17, 15) is 13.6 Å². The van der Waals surface area contributed by atoms with Crippen LogP contribution in [-0.4, -0.2) is 64.7 Å². The smallest absolute Gasteiger partial charge is 0.345 e. The third-order valence-corrected chi connectivity index (χ3v) is 8.32. The average Bonchev–Trinajstić information content (AvgIpc) is 3.50. The zero-order chi connectivity index (χ0) is 27.6. The van der Waals surface area contributed by atoms with Crippen molar-refractivity contribution in [1.29, 1.82) is 0 Å². The van der Waals surface area contributed by atoms with Gasteiger partial charge in [-0.1, -0.05) is 24.2 Å². The first-order chi connectivity index (χ1) is 19.2. The van der Waals surface area contributed by atoms with Gasteiger partial charge in [0.2, 0.25) is 11.7 Å². The van der Waals surface area contributed by atoms with Crippen LogP contribution in [0.15, 0.2) is 47.2 Å². The molecule has 1 amide bonds. The average molecular weight is 551 g/mol. The van der Waals surface area contributed by atoms with Crippen molar-refractivity contribution in [3.8, 4) is 11.4 Å². The molecular formula is C28H28F2N6O4. The number of hydrogen-bond acceptors (Lipinski definition) is 8. The van der Waals surface area contributed by atoms with E-state index < -0.39 is 18.1 Å². The van der Waals surface area contributed by atoms with Crippen molar-refractivity contribution in [1.82, 2.24) is 19.8 Å². The van der Waals surface area contributed by atoms with E-state index in [2.05, 4.69) is 30.2 Å². The summed E-state index contributed by atoms with van der Waals surface area (Å²) in [5.41, 5.74) is 4.15. The highest BCUT2D eigenvalue weighted by Crippen LogP contribution is 2.45. The van der Waals surface area contributed by atoms with Gasteiger partial charge in [0, 0.05) is 36.2 Å². The highest BCUT2D eigenvalue weighted by molar-refractivity contribution is 6.09. The third kappa shape index (κ3) is 4.22. The molecule has 3 aromatic heterocycles. The number of carbonyl (C=O) groups is 1. The van der Waals surface area contributed by atoms with E-state index in [1.165, 1.54) is 0 Å². The minimum Gasteiger partial charge on any atom is -0.380 e. The van der Waals surface area contributed by atoms with Crippen molar-refractivity contribution in [2.45, 2.75) is 44.8 Å². The summed E-state index contributed by atoms with van der Waals surface area (Å²) in [6.45, 7) is 4.51. The molecule has 0 atom stereocenters. The fourth-order valence-electron chi connectivity index (χ4n) is 5.89. The molecule has 2 aliphatic heterocycles. The van der Waals surface area contributed by atoms with E-state index in [4.69, 9.17) is 9.26 Å². The van der Waals surface area contributed by atoms with Crippen LogP contribution in [0.4, 0.5) is 20.2 Å². The largest absolute Gasteiger partial charge is 0.380 e. The third-order valence-electron chi connectivity index (χ3n) is 8.32. The first-order valence-corrected chi connectivity index (χ1v) is 13.2. The summed E-state index contributed by atoms with van der Waals surface area (Å²) in [6.07, 6.45) is 3.66. The van der Waals surface area contributed by atoms with Crippen LogP contribution in [0.5, 0.6) is 0 Å². The molecule has 1 aliphatic carbocycles. The van der Waals surface area contributed by atoms with Gasteiger partial charge in [-0.3, -0.25) is 4.79 Å². The van der Waals surface area contributed by atoms with E-state index in [0.717, 1.165) is 43.1 Å². The van der Waals surface area contributed by atoms with Crippen molar-refractivity contribution in [3.05, 3.63) is 59.7 Å². The van der Waals surface area contributed by atoms with Crippen LogP contribution in [0.3, 0.4) is 0 Å². The lowest BCUT2D eigenvalue weighted by molar-refractivity contribution is -0.196. The number of ether oxygens (including phenoxy) is 2. The Bertz CT molecular complexity index is 1600. The fraction of sp³-hybridized carbons (Fsp3) is 0.429. The first-order valence-electron chi connectivity index (χ1n) is 13.2. The van der Waals surface area contributed by atoms with E-state index in [1.54, 1.807) is 16.8 Å². The van der Waals surface area contributed by atoms with Gasteiger partial charge in [-0.15, -0.1) is 0 Å². The van der Waals surface area contributed by atoms with E-state index in [-0.39, 0.29) is 11.3 Å². The molecule has 4 aromatic rings. The molecule has 12 heteroatoms. The molecule has 0 unspecified atom stereocenters. The number of fused-ring (bicyclic) bond motifs is 1. The molecule has 40 heavy (non-hydrogen) atoms. The number of aromatic nitrogens is 4. The Balaban J connectivity index is 1.08. The zero-order valence-corrected chi connectivity index (χ0v) is 22.1. The molecule has 1 aromatic carbocycles. The zero-order valence-electron chi connectivity index (χ0n) is 22.1. The summed E-state index contributed by atoms with van der Waals surface area (Å²) < 4.78 is 42.2. The number of nitrogens with one attached hydrogen (secondary N) is 1. The van der Waals surface area contributed by atoms with Crippen LogP contribution in [0, 0.1) is 12.3 Å². The summed E-state index contributed by atoms with van der Waals surface area (Å²) in [6, 6.07) is 9.52. The molecular weight excluding hydrogens is 522 g/mol. The van der Waals surface area contributed by atoms with Crippen LogP contribution >= 0.6 is 0 Å². The topological polar surface area (TPSA) is 107 Å². The Morgan fingerprint density at radius 3 is 2.73 bits per heavy atom. The maximum atomic E-state index is 13.4. The lowest BCUT2D eigenvalue weighted by Gasteiger charge is -2.56. The Hall–Kier alpha value is -3.90. The second-order valence-corrected chi connectivity index (χ2v) is 11.5. The van der Waals surface area contributed by atoms with Gasteiger partial charge in [0.05, 0.1) is 47.4 Å². The Morgan fingerprint density at radius 1 is 1.20 bits per heavy atom. The normalized spacial score (nSPS) is 23.2. The van der Waals surface area contributed by atoms with Gasteiger partial charge in [0.1, 0.15) is 0 Å². The van der Waals surface area contributed by atoms with Gasteiger partial charge in [-0.05, 0) is 43.5 Å². The first kappa shape index (κ1) is 25.1. The van der Waals surface area contributed by atoms with Crippen LogP contribution in [0.1, 0.15) is 41.6 Å². The SMILES string of the molecule is Cc1ccc(-c2noc(C3(C)CC(OC(F)F)C3)n2)cc1NC(=O)c1cnn2ccc(N3CC4(COC4)C3)cc12. The van der Waals surface area contributed by atoms with Crippen LogP contribution < -0.4 is 10.2 Å². The molecule has 3 fully saturated rings.